The molecule has 0 bridgehead atoms. The predicted molar refractivity (Wildman–Crippen MR) is 78.3 cm³/mol. The van der Waals surface area contributed by atoms with Crippen molar-refractivity contribution in [2.24, 2.45) is 11.7 Å². The van der Waals surface area contributed by atoms with E-state index in [1.54, 1.807) is 0 Å². The van der Waals surface area contributed by atoms with Gasteiger partial charge in [-0.25, -0.2) is 0 Å². The first-order valence-electron chi connectivity index (χ1n) is 6.84. The molecule has 4 heteroatoms. The molecule has 1 rings (SSSR count). The number of ether oxygens (including phenoxy) is 1. The molecule has 0 heterocycles. The molecule has 2 unspecified atom stereocenters. The van der Waals surface area contributed by atoms with Crippen molar-refractivity contribution in [3.63, 3.8) is 0 Å². The minimum atomic E-state index is -0.233. The number of anilines is 1. The Morgan fingerprint density at radius 2 is 2.05 bits per heavy atom. The number of nitrogens with one attached hydrogen (secondary N) is 1. The summed E-state index contributed by atoms with van der Waals surface area (Å²) in [6.07, 6.45) is 2.08. The van der Waals surface area contributed by atoms with E-state index >= 15 is 0 Å². The summed E-state index contributed by atoms with van der Waals surface area (Å²) in [6.45, 7) is 6.42. The fraction of sp³-hybridized carbons (Fsp3) is 0.533. The van der Waals surface area contributed by atoms with E-state index in [9.17, 15) is 4.79 Å². The molecule has 3 N–H and O–H groups in total. The Bertz CT molecular complexity index is 405. The van der Waals surface area contributed by atoms with Gasteiger partial charge in [-0.05, 0) is 25.5 Å². The third-order valence-electron chi connectivity index (χ3n) is 3.10. The largest absolute Gasteiger partial charge is 0.491 e. The van der Waals surface area contributed by atoms with E-state index in [-0.39, 0.29) is 17.9 Å². The van der Waals surface area contributed by atoms with E-state index in [1.807, 2.05) is 38.1 Å². The Labute approximate surface area is 115 Å². The van der Waals surface area contributed by atoms with Crippen molar-refractivity contribution in [3.05, 3.63) is 24.3 Å². The van der Waals surface area contributed by atoms with E-state index in [1.165, 1.54) is 0 Å². The van der Waals surface area contributed by atoms with Gasteiger partial charge in [0.2, 0.25) is 5.91 Å². The average molecular weight is 264 g/mol. The van der Waals surface area contributed by atoms with E-state index in [0.717, 1.165) is 12.8 Å². The lowest BCUT2D eigenvalue weighted by Crippen LogP contribution is -2.34. The van der Waals surface area contributed by atoms with Crippen molar-refractivity contribution in [3.8, 4) is 5.75 Å². The first kappa shape index (κ1) is 15.5. The molecule has 0 aromatic heterocycles. The van der Waals surface area contributed by atoms with Gasteiger partial charge in [-0.2, -0.15) is 0 Å². The fourth-order valence-corrected chi connectivity index (χ4v) is 1.51. The van der Waals surface area contributed by atoms with Crippen LogP contribution in [-0.2, 0) is 4.79 Å². The number of hydrogen-bond acceptors (Lipinski definition) is 3. The van der Waals surface area contributed by atoms with Crippen LogP contribution in [0.1, 0.15) is 33.6 Å². The van der Waals surface area contributed by atoms with E-state index in [2.05, 4.69) is 12.2 Å². The molecule has 19 heavy (non-hydrogen) atoms. The maximum absolute atomic E-state index is 12.0. The molecule has 2 atom stereocenters. The van der Waals surface area contributed by atoms with Crippen molar-refractivity contribution in [1.82, 2.24) is 0 Å². The summed E-state index contributed by atoms with van der Waals surface area (Å²) in [4.78, 5) is 12.0. The van der Waals surface area contributed by atoms with Crippen molar-refractivity contribution in [1.29, 1.82) is 0 Å². The molecule has 1 aromatic rings. The van der Waals surface area contributed by atoms with Gasteiger partial charge in [-0.1, -0.05) is 32.4 Å². The summed E-state index contributed by atoms with van der Waals surface area (Å²) in [5.41, 5.74) is 6.44. The first-order valence-corrected chi connectivity index (χ1v) is 6.84. The zero-order chi connectivity index (χ0) is 14.3. The SMILES string of the molecule is CCCCOc1ccccc1NC(=O)C(C)C(C)N. The van der Waals surface area contributed by atoms with Gasteiger partial charge >= 0.3 is 0 Å². The zero-order valence-corrected chi connectivity index (χ0v) is 12.0. The lowest BCUT2D eigenvalue weighted by molar-refractivity contribution is -0.119. The summed E-state index contributed by atoms with van der Waals surface area (Å²) in [5.74, 6) is 0.395. The third kappa shape index (κ3) is 4.91. The quantitative estimate of drug-likeness (QED) is 0.744. The summed E-state index contributed by atoms with van der Waals surface area (Å²) in [6, 6.07) is 7.30. The lowest BCUT2D eigenvalue weighted by atomic mass is 10.0. The molecule has 4 nitrogen and oxygen atoms in total. The Morgan fingerprint density at radius 3 is 2.68 bits per heavy atom. The van der Waals surface area contributed by atoms with Gasteiger partial charge in [-0.3, -0.25) is 4.79 Å². The van der Waals surface area contributed by atoms with Crippen LogP contribution < -0.4 is 15.8 Å². The summed E-state index contributed by atoms with van der Waals surface area (Å²) >= 11 is 0. The number of amides is 1. The number of unbranched alkanes of at least 4 members (excludes halogenated alkanes) is 1. The molecular weight excluding hydrogens is 240 g/mol. The molecule has 0 saturated carbocycles. The molecule has 0 aliphatic heterocycles. The highest BCUT2D eigenvalue weighted by Gasteiger charge is 2.18. The smallest absolute Gasteiger partial charge is 0.228 e. The number of nitrogens with two attached hydrogens (primary N) is 1. The lowest BCUT2D eigenvalue weighted by Gasteiger charge is -2.17. The van der Waals surface area contributed by atoms with Gasteiger partial charge in [0, 0.05) is 6.04 Å². The second kappa shape index (κ2) is 7.79. The minimum absolute atomic E-state index is 0.0819. The van der Waals surface area contributed by atoms with Gasteiger partial charge in [-0.15, -0.1) is 0 Å². The summed E-state index contributed by atoms with van der Waals surface area (Å²) in [7, 11) is 0. The number of carbonyl (C=O) groups excluding carboxylic acids is 1. The number of benzene rings is 1. The Kier molecular flexibility index (Phi) is 6.36. The van der Waals surface area contributed by atoms with Gasteiger partial charge in [0.1, 0.15) is 5.75 Å². The molecule has 0 fully saturated rings. The number of carbonyl (C=O) groups is 1. The second-order valence-electron chi connectivity index (χ2n) is 4.84. The van der Waals surface area contributed by atoms with Gasteiger partial charge in [0.25, 0.3) is 0 Å². The highest BCUT2D eigenvalue weighted by Crippen LogP contribution is 2.24. The van der Waals surface area contributed by atoms with Gasteiger partial charge in [0.05, 0.1) is 18.2 Å². The predicted octanol–water partition coefficient (Wildman–Crippen LogP) is 2.79. The molecule has 0 aliphatic rings. The normalized spacial score (nSPS) is 13.7. The van der Waals surface area contributed by atoms with Crippen molar-refractivity contribution < 1.29 is 9.53 Å². The van der Waals surface area contributed by atoms with Crippen molar-refractivity contribution in [2.75, 3.05) is 11.9 Å². The van der Waals surface area contributed by atoms with Crippen molar-refractivity contribution in [2.45, 2.75) is 39.7 Å². The zero-order valence-electron chi connectivity index (χ0n) is 12.0. The Hall–Kier alpha value is -1.55. The molecule has 1 aromatic carbocycles. The van der Waals surface area contributed by atoms with Crippen LogP contribution in [-0.4, -0.2) is 18.6 Å². The second-order valence-corrected chi connectivity index (χ2v) is 4.84. The topological polar surface area (TPSA) is 64.3 Å². The maximum Gasteiger partial charge on any atom is 0.228 e. The van der Waals surface area contributed by atoms with E-state index in [4.69, 9.17) is 10.5 Å². The van der Waals surface area contributed by atoms with E-state index < -0.39 is 0 Å². The average Bonchev–Trinajstić information content (AvgIpc) is 2.39. The number of hydrogen-bond donors (Lipinski definition) is 2. The minimum Gasteiger partial charge on any atom is -0.491 e. The highest BCUT2D eigenvalue weighted by atomic mass is 16.5. The van der Waals surface area contributed by atoms with Crippen LogP contribution in [0.25, 0.3) is 0 Å². The molecule has 1 amide bonds. The Balaban J connectivity index is 2.69. The fourth-order valence-electron chi connectivity index (χ4n) is 1.51. The Morgan fingerprint density at radius 1 is 1.37 bits per heavy atom. The summed E-state index contributed by atoms with van der Waals surface area (Å²) in [5, 5.41) is 2.87. The molecule has 0 saturated heterocycles. The number of para-hydroxylation sites is 2. The van der Waals surface area contributed by atoms with Crippen LogP contribution in [0.5, 0.6) is 5.75 Å². The van der Waals surface area contributed by atoms with Crippen LogP contribution in [0.2, 0.25) is 0 Å². The van der Waals surface area contributed by atoms with Crippen LogP contribution in [0.15, 0.2) is 24.3 Å². The maximum atomic E-state index is 12.0. The third-order valence-corrected chi connectivity index (χ3v) is 3.10. The van der Waals surface area contributed by atoms with Crippen LogP contribution >= 0.6 is 0 Å². The molecule has 0 aliphatic carbocycles. The molecule has 0 radical (unpaired) electrons. The standard InChI is InChI=1S/C15H24N2O2/c1-4-5-10-19-14-9-7-6-8-13(14)17-15(18)11(2)12(3)16/h6-9,11-12H,4-5,10,16H2,1-3H3,(H,17,18). The van der Waals surface area contributed by atoms with Crippen LogP contribution in [0.4, 0.5) is 5.69 Å². The number of rotatable bonds is 7. The van der Waals surface area contributed by atoms with E-state index in [0.29, 0.717) is 18.0 Å². The van der Waals surface area contributed by atoms with Gasteiger partial charge in [0.15, 0.2) is 0 Å². The summed E-state index contributed by atoms with van der Waals surface area (Å²) < 4.78 is 5.67. The van der Waals surface area contributed by atoms with Crippen molar-refractivity contribution >= 4 is 11.6 Å². The van der Waals surface area contributed by atoms with Crippen LogP contribution in [0.3, 0.4) is 0 Å². The van der Waals surface area contributed by atoms with Crippen LogP contribution in [0, 0.1) is 5.92 Å². The monoisotopic (exact) mass is 264 g/mol. The van der Waals surface area contributed by atoms with Gasteiger partial charge < -0.3 is 15.8 Å². The molecular formula is C15H24N2O2. The molecule has 106 valence electrons. The molecule has 0 spiro atoms. The first-order chi connectivity index (χ1) is 9.06. The highest BCUT2D eigenvalue weighted by molar-refractivity contribution is 5.94.